The van der Waals surface area contributed by atoms with Crippen LogP contribution >= 0.6 is 0 Å². The molecule has 25 heavy (non-hydrogen) atoms. The summed E-state index contributed by atoms with van der Waals surface area (Å²) in [6, 6.07) is 6.69. The van der Waals surface area contributed by atoms with Gasteiger partial charge in [-0.25, -0.2) is 9.48 Å². The van der Waals surface area contributed by atoms with Crippen LogP contribution in [-0.2, 0) is 16.1 Å². The smallest absolute Gasteiger partial charge is 0.359 e. The molecule has 2 aromatic rings. The maximum atomic E-state index is 12.4. The molecule has 0 saturated carbocycles. The Kier molecular flexibility index (Phi) is 5.90. The van der Waals surface area contributed by atoms with E-state index in [1.807, 2.05) is 20.8 Å². The van der Waals surface area contributed by atoms with Crippen LogP contribution in [0.5, 0.6) is 0 Å². The van der Waals surface area contributed by atoms with Crippen molar-refractivity contribution in [2.75, 3.05) is 6.61 Å². The molecule has 134 valence electrons. The molecular weight excluding hydrogens is 322 g/mol. The highest BCUT2D eigenvalue weighted by Crippen LogP contribution is 2.14. The van der Waals surface area contributed by atoms with Crippen molar-refractivity contribution in [1.29, 1.82) is 0 Å². The second-order valence-corrected chi connectivity index (χ2v) is 6.19. The average molecular weight is 345 g/mol. The number of fused-ring (bicyclic) bond motifs is 1. The second-order valence-electron chi connectivity index (χ2n) is 6.19. The molecule has 1 aromatic heterocycles. The second kappa shape index (κ2) is 7.92. The van der Waals surface area contributed by atoms with Gasteiger partial charge in [0.1, 0.15) is 0 Å². The number of carbonyl (C=O) groups is 2. The summed E-state index contributed by atoms with van der Waals surface area (Å²) in [7, 11) is 0. The summed E-state index contributed by atoms with van der Waals surface area (Å²) in [5.41, 5.74) is -0.236. The van der Waals surface area contributed by atoms with Crippen LogP contribution in [0.3, 0.4) is 0 Å². The fourth-order valence-electron chi connectivity index (χ4n) is 2.26. The van der Waals surface area contributed by atoms with Crippen LogP contribution < -0.4 is 10.9 Å². The van der Waals surface area contributed by atoms with E-state index in [4.69, 9.17) is 4.74 Å². The molecule has 7 heteroatoms. The number of nitrogens with zero attached hydrogens (tertiary/aromatic N) is 2. The van der Waals surface area contributed by atoms with Crippen molar-refractivity contribution in [2.24, 2.45) is 5.92 Å². The van der Waals surface area contributed by atoms with Crippen LogP contribution in [0.25, 0.3) is 10.8 Å². The van der Waals surface area contributed by atoms with Gasteiger partial charge in [0, 0.05) is 18.0 Å². The van der Waals surface area contributed by atoms with Crippen molar-refractivity contribution >= 4 is 22.6 Å². The van der Waals surface area contributed by atoms with Crippen LogP contribution in [0, 0.1) is 5.92 Å². The number of amides is 1. The standard InChI is InChI=1S/C18H23N3O4/c1-5-21-17(23)14-9-7-6-8-13(14)16(20-21)18(24)25-10-15(22)19-12(4)11(2)3/h6-9,11-12H,5,10H2,1-4H3,(H,19,22)/t12-/m1/s1. The summed E-state index contributed by atoms with van der Waals surface area (Å²) in [6.45, 7) is 7.56. The SMILES string of the molecule is CCn1nc(C(=O)OCC(=O)N[C@H](C)C(C)C)c2ccccc2c1=O. The van der Waals surface area contributed by atoms with Crippen molar-refractivity contribution in [3.63, 3.8) is 0 Å². The molecule has 0 unspecified atom stereocenters. The zero-order valence-corrected chi connectivity index (χ0v) is 14.9. The molecule has 7 nitrogen and oxygen atoms in total. The van der Waals surface area contributed by atoms with Crippen LogP contribution in [0.15, 0.2) is 29.1 Å². The van der Waals surface area contributed by atoms with E-state index in [0.29, 0.717) is 17.3 Å². The lowest BCUT2D eigenvalue weighted by atomic mass is 10.1. The van der Waals surface area contributed by atoms with Gasteiger partial charge in [-0.3, -0.25) is 9.59 Å². The maximum Gasteiger partial charge on any atom is 0.359 e. The minimum atomic E-state index is -0.731. The van der Waals surface area contributed by atoms with Crippen LogP contribution in [0.4, 0.5) is 0 Å². The summed E-state index contributed by atoms with van der Waals surface area (Å²) in [4.78, 5) is 36.5. The molecule has 0 bridgehead atoms. The highest BCUT2D eigenvalue weighted by Gasteiger charge is 2.19. The fraction of sp³-hybridized carbons (Fsp3) is 0.444. The maximum absolute atomic E-state index is 12.4. The van der Waals surface area contributed by atoms with Crippen LogP contribution in [0.2, 0.25) is 0 Å². The van der Waals surface area contributed by atoms with Crippen LogP contribution in [-0.4, -0.2) is 34.3 Å². The van der Waals surface area contributed by atoms with Gasteiger partial charge in [0.15, 0.2) is 12.3 Å². The van der Waals surface area contributed by atoms with Crippen molar-refractivity contribution in [2.45, 2.75) is 40.3 Å². The van der Waals surface area contributed by atoms with E-state index < -0.39 is 12.6 Å². The van der Waals surface area contributed by atoms with E-state index in [-0.39, 0.29) is 29.1 Å². The Morgan fingerprint density at radius 1 is 1.20 bits per heavy atom. The normalized spacial score (nSPS) is 12.2. The van der Waals surface area contributed by atoms with E-state index >= 15 is 0 Å². The summed E-state index contributed by atoms with van der Waals surface area (Å²) >= 11 is 0. The topological polar surface area (TPSA) is 90.3 Å². The molecule has 1 N–H and O–H groups in total. The number of hydrogen-bond donors (Lipinski definition) is 1. The quantitative estimate of drug-likeness (QED) is 0.805. The number of rotatable bonds is 6. The minimum Gasteiger partial charge on any atom is -0.451 e. The highest BCUT2D eigenvalue weighted by molar-refractivity contribution is 6.02. The first-order valence-corrected chi connectivity index (χ1v) is 8.31. The van der Waals surface area contributed by atoms with E-state index in [9.17, 15) is 14.4 Å². The van der Waals surface area contributed by atoms with Gasteiger partial charge in [-0.05, 0) is 25.8 Å². The lowest BCUT2D eigenvalue weighted by Gasteiger charge is -2.17. The molecule has 1 heterocycles. The van der Waals surface area contributed by atoms with Crippen molar-refractivity contribution in [3.05, 3.63) is 40.3 Å². The molecule has 0 aliphatic rings. The van der Waals surface area contributed by atoms with Crippen molar-refractivity contribution in [3.8, 4) is 0 Å². The number of esters is 1. The van der Waals surface area contributed by atoms with E-state index in [0.717, 1.165) is 0 Å². The van der Waals surface area contributed by atoms with Crippen molar-refractivity contribution < 1.29 is 14.3 Å². The third-order valence-electron chi connectivity index (χ3n) is 4.08. The Hall–Kier alpha value is -2.70. The Labute approximate surface area is 146 Å². The van der Waals surface area contributed by atoms with Gasteiger partial charge in [0.05, 0.1) is 5.39 Å². The molecule has 0 saturated heterocycles. The lowest BCUT2D eigenvalue weighted by Crippen LogP contribution is -2.38. The highest BCUT2D eigenvalue weighted by atomic mass is 16.5. The van der Waals surface area contributed by atoms with Gasteiger partial charge in [-0.2, -0.15) is 5.10 Å². The molecule has 0 aliphatic heterocycles. The summed E-state index contributed by atoms with van der Waals surface area (Å²) in [5.74, 6) is -0.827. The minimum absolute atomic E-state index is 0.0212. The molecular formula is C18H23N3O4. The number of hydrogen-bond acceptors (Lipinski definition) is 5. The summed E-state index contributed by atoms with van der Waals surface area (Å²) in [6.07, 6.45) is 0. The Bertz CT molecular complexity index is 842. The molecule has 0 spiro atoms. The van der Waals surface area contributed by atoms with Crippen LogP contribution in [0.1, 0.15) is 38.2 Å². The zero-order valence-electron chi connectivity index (χ0n) is 14.9. The first kappa shape index (κ1) is 18.6. The average Bonchev–Trinajstić information content (AvgIpc) is 2.60. The number of aromatic nitrogens is 2. The van der Waals surface area contributed by atoms with Gasteiger partial charge in [0.2, 0.25) is 0 Å². The zero-order chi connectivity index (χ0) is 18.6. The monoisotopic (exact) mass is 345 g/mol. The molecule has 1 atom stereocenters. The van der Waals surface area contributed by atoms with E-state index in [1.54, 1.807) is 31.2 Å². The number of benzene rings is 1. The molecule has 1 amide bonds. The lowest BCUT2D eigenvalue weighted by molar-refractivity contribution is -0.125. The van der Waals surface area contributed by atoms with E-state index in [1.165, 1.54) is 4.68 Å². The van der Waals surface area contributed by atoms with Gasteiger partial charge in [0.25, 0.3) is 11.5 Å². The summed E-state index contributed by atoms with van der Waals surface area (Å²) < 4.78 is 6.30. The Morgan fingerprint density at radius 2 is 1.84 bits per heavy atom. The summed E-state index contributed by atoms with van der Waals surface area (Å²) in [5, 5.41) is 7.65. The third kappa shape index (κ3) is 4.23. The predicted molar refractivity (Wildman–Crippen MR) is 94.4 cm³/mol. The molecule has 1 aromatic carbocycles. The van der Waals surface area contributed by atoms with Gasteiger partial charge < -0.3 is 10.1 Å². The Balaban J connectivity index is 2.21. The first-order valence-electron chi connectivity index (χ1n) is 8.31. The molecule has 0 radical (unpaired) electrons. The number of nitrogens with one attached hydrogen (secondary N) is 1. The molecule has 0 aliphatic carbocycles. The number of carbonyl (C=O) groups excluding carboxylic acids is 2. The largest absolute Gasteiger partial charge is 0.451 e. The molecule has 2 rings (SSSR count). The number of ether oxygens (including phenoxy) is 1. The van der Waals surface area contributed by atoms with Crippen molar-refractivity contribution in [1.82, 2.24) is 15.1 Å². The third-order valence-corrected chi connectivity index (χ3v) is 4.08. The first-order chi connectivity index (χ1) is 11.8. The fourth-order valence-corrected chi connectivity index (χ4v) is 2.26. The number of aryl methyl sites for hydroxylation is 1. The predicted octanol–water partition coefficient (Wildman–Crippen LogP) is 1.73. The van der Waals surface area contributed by atoms with Gasteiger partial charge in [-0.15, -0.1) is 0 Å². The van der Waals surface area contributed by atoms with Gasteiger partial charge in [-0.1, -0.05) is 32.0 Å². The Morgan fingerprint density at radius 3 is 2.44 bits per heavy atom. The van der Waals surface area contributed by atoms with Gasteiger partial charge >= 0.3 is 5.97 Å². The van der Waals surface area contributed by atoms with E-state index in [2.05, 4.69) is 10.4 Å². The molecule has 0 fully saturated rings.